The zero-order chi connectivity index (χ0) is 15.7. The smallest absolute Gasteiger partial charge is 0.153 e. The third-order valence-electron chi connectivity index (χ3n) is 3.35. The molecule has 5 heteroatoms. The van der Waals surface area contributed by atoms with Crippen molar-refractivity contribution in [3.8, 4) is 16.9 Å². The SMILES string of the molecule is Cc1ccc(-c2nn(-c3ccc(Cl)cc3Cl)cc2C=O)cc1. The van der Waals surface area contributed by atoms with Gasteiger partial charge < -0.3 is 0 Å². The van der Waals surface area contributed by atoms with Crippen molar-refractivity contribution in [2.75, 3.05) is 0 Å². The van der Waals surface area contributed by atoms with Crippen LogP contribution in [0.3, 0.4) is 0 Å². The Morgan fingerprint density at radius 2 is 1.82 bits per heavy atom. The molecule has 0 saturated heterocycles. The van der Waals surface area contributed by atoms with E-state index in [9.17, 15) is 4.79 Å². The topological polar surface area (TPSA) is 34.9 Å². The molecule has 0 unspecified atom stereocenters. The molecule has 1 aromatic heterocycles. The third kappa shape index (κ3) is 2.78. The summed E-state index contributed by atoms with van der Waals surface area (Å²) in [6.45, 7) is 2.01. The van der Waals surface area contributed by atoms with Crippen LogP contribution in [-0.2, 0) is 0 Å². The molecule has 2 aromatic carbocycles. The fraction of sp³-hybridized carbons (Fsp3) is 0.0588. The molecule has 0 bridgehead atoms. The van der Waals surface area contributed by atoms with Crippen molar-refractivity contribution in [3.63, 3.8) is 0 Å². The highest BCUT2D eigenvalue weighted by Crippen LogP contribution is 2.27. The highest BCUT2D eigenvalue weighted by atomic mass is 35.5. The number of carbonyl (C=O) groups is 1. The van der Waals surface area contributed by atoms with Crippen LogP contribution in [0, 0.1) is 6.92 Å². The van der Waals surface area contributed by atoms with Gasteiger partial charge >= 0.3 is 0 Å². The number of hydrogen-bond donors (Lipinski definition) is 0. The van der Waals surface area contributed by atoms with Crippen molar-refractivity contribution in [1.29, 1.82) is 0 Å². The maximum Gasteiger partial charge on any atom is 0.153 e. The number of rotatable bonds is 3. The summed E-state index contributed by atoms with van der Waals surface area (Å²) in [5.41, 5.74) is 3.84. The number of nitrogens with zero attached hydrogens (tertiary/aromatic N) is 2. The van der Waals surface area contributed by atoms with Crippen LogP contribution in [0.2, 0.25) is 10.0 Å². The van der Waals surface area contributed by atoms with Gasteiger partial charge in [0.2, 0.25) is 0 Å². The molecule has 110 valence electrons. The fourth-order valence-electron chi connectivity index (χ4n) is 2.20. The highest BCUT2D eigenvalue weighted by Gasteiger charge is 2.13. The van der Waals surface area contributed by atoms with E-state index >= 15 is 0 Å². The van der Waals surface area contributed by atoms with Crippen LogP contribution < -0.4 is 0 Å². The van der Waals surface area contributed by atoms with Crippen molar-refractivity contribution < 1.29 is 4.79 Å². The fourth-order valence-corrected chi connectivity index (χ4v) is 2.69. The van der Waals surface area contributed by atoms with Crippen molar-refractivity contribution in [2.45, 2.75) is 6.92 Å². The van der Waals surface area contributed by atoms with Gasteiger partial charge in [-0.3, -0.25) is 4.79 Å². The van der Waals surface area contributed by atoms with Crippen molar-refractivity contribution >= 4 is 29.5 Å². The van der Waals surface area contributed by atoms with Crippen LogP contribution in [0.25, 0.3) is 16.9 Å². The molecule has 0 aliphatic heterocycles. The van der Waals surface area contributed by atoms with E-state index in [1.807, 2.05) is 31.2 Å². The first-order valence-corrected chi connectivity index (χ1v) is 7.41. The maximum absolute atomic E-state index is 11.3. The van der Waals surface area contributed by atoms with Crippen LogP contribution in [0.15, 0.2) is 48.7 Å². The molecule has 0 fully saturated rings. The third-order valence-corrected chi connectivity index (χ3v) is 3.89. The lowest BCUT2D eigenvalue weighted by molar-refractivity contribution is 0.112. The van der Waals surface area contributed by atoms with Gasteiger partial charge in [-0.1, -0.05) is 53.0 Å². The largest absolute Gasteiger partial charge is 0.298 e. The minimum Gasteiger partial charge on any atom is -0.298 e. The first kappa shape index (κ1) is 14.8. The van der Waals surface area contributed by atoms with E-state index in [2.05, 4.69) is 5.10 Å². The Hall–Kier alpha value is -2.10. The number of halogens is 2. The van der Waals surface area contributed by atoms with E-state index in [1.54, 1.807) is 29.1 Å². The van der Waals surface area contributed by atoms with Crippen LogP contribution in [-0.4, -0.2) is 16.1 Å². The molecule has 0 amide bonds. The van der Waals surface area contributed by atoms with Gasteiger partial charge in [0, 0.05) is 16.8 Å². The molecule has 3 aromatic rings. The lowest BCUT2D eigenvalue weighted by Crippen LogP contribution is -1.95. The number of hydrogen-bond acceptors (Lipinski definition) is 2. The normalized spacial score (nSPS) is 10.7. The molecular weight excluding hydrogens is 319 g/mol. The second-order valence-corrected chi connectivity index (χ2v) is 5.80. The number of aromatic nitrogens is 2. The van der Waals surface area contributed by atoms with E-state index in [-0.39, 0.29) is 0 Å². The number of carbonyl (C=O) groups excluding carboxylic acids is 1. The quantitative estimate of drug-likeness (QED) is 0.635. The molecule has 1 heterocycles. The van der Waals surface area contributed by atoms with Crippen LogP contribution >= 0.6 is 23.2 Å². The predicted octanol–water partition coefficient (Wildman–Crippen LogP) is 4.97. The molecule has 0 radical (unpaired) electrons. The molecular formula is C17H12Cl2N2O. The van der Waals surface area contributed by atoms with E-state index < -0.39 is 0 Å². The molecule has 0 atom stereocenters. The second-order valence-electron chi connectivity index (χ2n) is 4.96. The Balaban J connectivity index is 2.12. The first-order chi connectivity index (χ1) is 10.6. The maximum atomic E-state index is 11.3. The Bertz CT molecular complexity index is 838. The average Bonchev–Trinajstić information content (AvgIpc) is 2.92. The van der Waals surface area contributed by atoms with Gasteiger partial charge in [0.15, 0.2) is 6.29 Å². The lowest BCUT2D eigenvalue weighted by atomic mass is 10.1. The van der Waals surface area contributed by atoms with E-state index in [0.717, 1.165) is 17.4 Å². The standard InChI is InChI=1S/C17H12Cl2N2O/c1-11-2-4-12(5-3-11)17-13(10-22)9-21(20-17)16-7-6-14(18)8-15(16)19/h2-10H,1H3. The summed E-state index contributed by atoms with van der Waals surface area (Å²) in [5, 5.41) is 5.53. The summed E-state index contributed by atoms with van der Waals surface area (Å²) in [5.74, 6) is 0. The van der Waals surface area contributed by atoms with E-state index in [4.69, 9.17) is 23.2 Å². The molecule has 22 heavy (non-hydrogen) atoms. The Morgan fingerprint density at radius 3 is 2.45 bits per heavy atom. The zero-order valence-electron chi connectivity index (χ0n) is 11.8. The van der Waals surface area contributed by atoms with Crippen LogP contribution in [0.1, 0.15) is 15.9 Å². The summed E-state index contributed by atoms with van der Waals surface area (Å²) < 4.78 is 1.59. The minimum absolute atomic E-state index is 0.475. The number of benzene rings is 2. The molecule has 0 N–H and O–H groups in total. The monoisotopic (exact) mass is 330 g/mol. The van der Waals surface area contributed by atoms with Crippen LogP contribution in [0.4, 0.5) is 0 Å². The molecule has 0 saturated carbocycles. The average molecular weight is 331 g/mol. The Labute approximate surface area is 138 Å². The molecule has 0 aliphatic rings. The Morgan fingerprint density at radius 1 is 1.09 bits per heavy atom. The Kier molecular flexibility index (Phi) is 4.01. The summed E-state index contributed by atoms with van der Waals surface area (Å²) in [7, 11) is 0. The van der Waals surface area contributed by atoms with E-state index in [0.29, 0.717) is 27.0 Å². The zero-order valence-corrected chi connectivity index (χ0v) is 13.3. The molecule has 3 nitrogen and oxygen atoms in total. The van der Waals surface area contributed by atoms with Gasteiger partial charge in [0.1, 0.15) is 5.69 Å². The van der Waals surface area contributed by atoms with Gasteiger partial charge in [-0.05, 0) is 25.1 Å². The lowest BCUT2D eigenvalue weighted by Gasteiger charge is -2.04. The van der Waals surface area contributed by atoms with Crippen molar-refractivity contribution in [2.24, 2.45) is 0 Å². The van der Waals surface area contributed by atoms with Crippen molar-refractivity contribution in [1.82, 2.24) is 9.78 Å². The molecule has 3 rings (SSSR count). The molecule has 0 aliphatic carbocycles. The first-order valence-electron chi connectivity index (χ1n) is 6.66. The minimum atomic E-state index is 0.475. The van der Waals surface area contributed by atoms with Gasteiger partial charge in [-0.15, -0.1) is 0 Å². The molecule has 0 spiro atoms. The van der Waals surface area contributed by atoms with Crippen molar-refractivity contribution in [3.05, 3.63) is 69.8 Å². The van der Waals surface area contributed by atoms with Gasteiger partial charge in [0.05, 0.1) is 16.3 Å². The predicted molar refractivity (Wildman–Crippen MR) is 89.1 cm³/mol. The van der Waals surface area contributed by atoms with Gasteiger partial charge in [-0.2, -0.15) is 5.10 Å². The van der Waals surface area contributed by atoms with E-state index in [1.165, 1.54) is 0 Å². The summed E-state index contributed by atoms with van der Waals surface area (Å²) in [6.07, 6.45) is 2.46. The number of aryl methyl sites for hydroxylation is 1. The summed E-state index contributed by atoms with van der Waals surface area (Å²) in [4.78, 5) is 11.3. The summed E-state index contributed by atoms with van der Waals surface area (Å²) >= 11 is 12.1. The van der Waals surface area contributed by atoms with Gasteiger partial charge in [-0.25, -0.2) is 4.68 Å². The summed E-state index contributed by atoms with van der Waals surface area (Å²) in [6, 6.07) is 13.0. The number of aldehydes is 1. The van der Waals surface area contributed by atoms with Crippen LogP contribution in [0.5, 0.6) is 0 Å². The van der Waals surface area contributed by atoms with Gasteiger partial charge in [0.25, 0.3) is 0 Å². The second kappa shape index (κ2) is 5.95. The highest BCUT2D eigenvalue weighted by molar-refractivity contribution is 6.35.